The lowest BCUT2D eigenvalue weighted by Crippen LogP contribution is -2.15. The number of nitrogens with one attached hydrogen (secondary N) is 3. The van der Waals surface area contributed by atoms with Crippen molar-refractivity contribution in [2.75, 3.05) is 16.0 Å². The zero-order valence-corrected chi connectivity index (χ0v) is 20.4. The van der Waals surface area contributed by atoms with E-state index in [1.165, 1.54) is 0 Å². The average Bonchev–Trinajstić information content (AvgIpc) is 2.86. The van der Waals surface area contributed by atoms with Crippen molar-refractivity contribution in [1.29, 1.82) is 0 Å². The van der Waals surface area contributed by atoms with E-state index in [1.807, 2.05) is 37.3 Å². The number of anilines is 3. The molecule has 3 N–H and O–H groups in total. The average molecular weight is 528 g/mol. The third kappa shape index (κ3) is 6.02. The molecule has 6 nitrogen and oxygen atoms in total. The fraction of sp³-hybridized carbons (Fsp3) is 0.0357. The lowest BCUT2D eigenvalue weighted by Gasteiger charge is -2.10. The number of rotatable bonds is 6. The van der Waals surface area contributed by atoms with E-state index in [9.17, 15) is 14.4 Å². The molecule has 3 amide bonds. The molecule has 0 spiro atoms. The molecule has 0 saturated carbocycles. The standard InChI is InChI=1S/C28H22BrN3O3/c1-18-6-2-5-9-25(18)32-27(34)20-12-14-21(15-13-20)30-26(33)19-10-16-22(17-11-19)31-28(35)23-7-3-4-8-24(23)29/h2-17H,1H3,(H,30,33)(H,31,35)(H,32,34). The first-order valence-electron chi connectivity index (χ1n) is 10.8. The van der Waals surface area contributed by atoms with Crippen LogP contribution in [0.5, 0.6) is 0 Å². The van der Waals surface area contributed by atoms with Gasteiger partial charge in [-0.3, -0.25) is 14.4 Å². The lowest BCUT2D eigenvalue weighted by atomic mass is 10.1. The van der Waals surface area contributed by atoms with Crippen LogP contribution in [0.2, 0.25) is 0 Å². The van der Waals surface area contributed by atoms with Gasteiger partial charge in [0.1, 0.15) is 0 Å². The number of carbonyl (C=O) groups is 3. The highest BCUT2D eigenvalue weighted by atomic mass is 79.9. The number of para-hydroxylation sites is 1. The Hall–Kier alpha value is -4.23. The summed E-state index contributed by atoms with van der Waals surface area (Å²) in [6.07, 6.45) is 0. The molecule has 0 unspecified atom stereocenters. The Balaban J connectivity index is 1.35. The topological polar surface area (TPSA) is 87.3 Å². The summed E-state index contributed by atoms with van der Waals surface area (Å²) in [6.45, 7) is 1.93. The van der Waals surface area contributed by atoms with Crippen molar-refractivity contribution in [3.05, 3.63) is 124 Å². The minimum Gasteiger partial charge on any atom is -0.322 e. The van der Waals surface area contributed by atoms with Crippen molar-refractivity contribution in [3.8, 4) is 0 Å². The van der Waals surface area contributed by atoms with Crippen molar-refractivity contribution in [3.63, 3.8) is 0 Å². The summed E-state index contributed by atoms with van der Waals surface area (Å²) < 4.78 is 0.701. The van der Waals surface area contributed by atoms with Crippen LogP contribution in [0.1, 0.15) is 36.6 Å². The molecule has 0 heterocycles. The molecule has 4 rings (SSSR count). The maximum atomic E-state index is 12.6. The van der Waals surface area contributed by atoms with Crippen LogP contribution in [0.15, 0.2) is 102 Å². The Morgan fingerprint density at radius 3 is 1.63 bits per heavy atom. The predicted octanol–water partition coefficient (Wildman–Crippen LogP) is 6.51. The molecule has 35 heavy (non-hydrogen) atoms. The van der Waals surface area contributed by atoms with Crippen molar-refractivity contribution in [2.45, 2.75) is 6.92 Å². The smallest absolute Gasteiger partial charge is 0.256 e. The van der Waals surface area contributed by atoms with E-state index < -0.39 is 0 Å². The van der Waals surface area contributed by atoms with E-state index in [1.54, 1.807) is 66.7 Å². The monoisotopic (exact) mass is 527 g/mol. The molecule has 0 aliphatic carbocycles. The van der Waals surface area contributed by atoms with E-state index in [-0.39, 0.29) is 17.7 Å². The summed E-state index contributed by atoms with van der Waals surface area (Å²) >= 11 is 3.37. The number of benzene rings is 4. The Morgan fingerprint density at radius 1 is 0.571 bits per heavy atom. The summed E-state index contributed by atoms with van der Waals surface area (Å²) in [6, 6.07) is 28.0. The zero-order chi connectivity index (χ0) is 24.8. The van der Waals surface area contributed by atoms with Crippen LogP contribution in [0, 0.1) is 6.92 Å². The van der Waals surface area contributed by atoms with Crippen LogP contribution < -0.4 is 16.0 Å². The number of halogens is 1. The molecule has 0 radical (unpaired) electrons. The van der Waals surface area contributed by atoms with Gasteiger partial charge >= 0.3 is 0 Å². The second kappa shape index (κ2) is 10.8. The number of aryl methyl sites for hydroxylation is 1. The normalized spacial score (nSPS) is 10.3. The molecule has 0 aromatic heterocycles. The summed E-state index contributed by atoms with van der Waals surface area (Å²) in [7, 11) is 0. The number of amides is 3. The SMILES string of the molecule is Cc1ccccc1NC(=O)c1ccc(NC(=O)c2ccc(NC(=O)c3ccccc3Br)cc2)cc1. The third-order valence-electron chi connectivity index (χ3n) is 5.32. The van der Waals surface area contributed by atoms with Crippen molar-refractivity contribution in [1.82, 2.24) is 0 Å². The second-order valence-corrected chi connectivity index (χ2v) is 8.67. The first kappa shape index (κ1) is 23.9. The molecule has 7 heteroatoms. The summed E-state index contributed by atoms with van der Waals surface area (Å²) in [5.74, 6) is -0.774. The minimum absolute atomic E-state index is 0.225. The maximum Gasteiger partial charge on any atom is 0.256 e. The van der Waals surface area contributed by atoms with E-state index in [0.717, 1.165) is 11.3 Å². The molecular weight excluding hydrogens is 506 g/mol. The van der Waals surface area contributed by atoms with Crippen LogP contribution in [0.4, 0.5) is 17.1 Å². The molecule has 4 aromatic rings. The Morgan fingerprint density at radius 2 is 1.06 bits per heavy atom. The number of carbonyl (C=O) groups excluding carboxylic acids is 3. The lowest BCUT2D eigenvalue weighted by molar-refractivity contribution is 0.101. The highest BCUT2D eigenvalue weighted by Gasteiger charge is 2.12. The molecule has 0 atom stereocenters. The van der Waals surface area contributed by atoms with Gasteiger partial charge < -0.3 is 16.0 Å². The fourth-order valence-corrected chi connectivity index (χ4v) is 3.83. The molecule has 0 aliphatic heterocycles. The van der Waals surface area contributed by atoms with Crippen LogP contribution in [-0.4, -0.2) is 17.7 Å². The molecule has 0 saturated heterocycles. The van der Waals surface area contributed by atoms with Crippen molar-refractivity contribution in [2.24, 2.45) is 0 Å². The van der Waals surface area contributed by atoms with Gasteiger partial charge in [-0.15, -0.1) is 0 Å². The van der Waals surface area contributed by atoms with Gasteiger partial charge in [0.05, 0.1) is 5.56 Å². The van der Waals surface area contributed by atoms with Crippen LogP contribution in [0.25, 0.3) is 0 Å². The van der Waals surface area contributed by atoms with E-state index in [2.05, 4.69) is 31.9 Å². The Labute approximate surface area is 211 Å². The Bertz CT molecular complexity index is 1380. The van der Waals surface area contributed by atoms with Gasteiger partial charge in [-0.25, -0.2) is 0 Å². The van der Waals surface area contributed by atoms with E-state index in [4.69, 9.17) is 0 Å². The van der Waals surface area contributed by atoms with Gasteiger partial charge in [0.15, 0.2) is 0 Å². The molecule has 174 valence electrons. The third-order valence-corrected chi connectivity index (χ3v) is 6.01. The van der Waals surface area contributed by atoms with E-state index >= 15 is 0 Å². The van der Waals surface area contributed by atoms with Gasteiger partial charge in [-0.1, -0.05) is 30.3 Å². The zero-order valence-electron chi connectivity index (χ0n) is 18.8. The Kier molecular flexibility index (Phi) is 7.38. The summed E-state index contributed by atoms with van der Waals surface area (Å²) in [4.78, 5) is 37.6. The van der Waals surface area contributed by atoms with Gasteiger partial charge in [0.2, 0.25) is 0 Å². The van der Waals surface area contributed by atoms with Gasteiger partial charge in [0.25, 0.3) is 17.7 Å². The summed E-state index contributed by atoms with van der Waals surface area (Å²) in [5.41, 5.74) is 4.31. The molecule has 0 fully saturated rings. The van der Waals surface area contributed by atoms with Gasteiger partial charge in [-0.05, 0) is 95.1 Å². The van der Waals surface area contributed by atoms with Crippen LogP contribution in [0.3, 0.4) is 0 Å². The molecule has 0 bridgehead atoms. The summed E-state index contributed by atoms with van der Waals surface area (Å²) in [5, 5.41) is 8.51. The predicted molar refractivity (Wildman–Crippen MR) is 142 cm³/mol. The fourth-order valence-electron chi connectivity index (χ4n) is 3.36. The van der Waals surface area contributed by atoms with Gasteiger partial charge in [0, 0.05) is 32.7 Å². The molecular formula is C28H22BrN3O3. The second-order valence-electron chi connectivity index (χ2n) is 7.81. The van der Waals surface area contributed by atoms with Crippen molar-refractivity contribution >= 4 is 50.7 Å². The highest BCUT2D eigenvalue weighted by Crippen LogP contribution is 2.19. The number of hydrogen-bond acceptors (Lipinski definition) is 3. The minimum atomic E-state index is -0.300. The van der Waals surface area contributed by atoms with E-state index in [0.29, 0.717) is 32.5 Å². The highest BCUT2D eigenvalue weighted by molar-refractivity contribution is 9.10. The number of hydrogen-bond donors (Lipinski definition) is 3. The largest absolute Gasteiger partial charge is 0.322 e. The van der Waals surface area contributed by atoms with Crippen LogP contribution in [-0.2, 0) is 0 Å². The first-order valence-corrected chi connectivity index (χ1v) is 11.6. The van der Waals surface area contributed by atoms with Gasteiger partial charge in [-0.2, -0.15) is 0 Å². The van der Waals surface area contributed by atoms with Crippen LogP contribution >= 0.6 is 15.9 Å². The van der Waals surface area contributed by atoms with Crippen molar-refractivity contribution < 1.29 is 14.4 Å². The molecule has 4 aromatic carbocycles. The maximum absolute atomic E-state index is 12.6. The molecule has 0 aliphatic rings. The quantitative estimate of drug-likeness (QED) is 0.267. The first-order chi connectivity index (χ1) is 16.9.